The molecule has 0 amide bonds. The third kappa shape index (κ3) is 3.70. The predicted molar refractivity (Wildman–Crippen MR) is 76.9 cm³/mol. The lowest BCUT2D eigenvalue weighted by Gasteiger charge is -2.34. The van der Waals surface area contributed by atoms with Crippen LogP contribution in [-0.4, -0.2) is 11.2 Å². The first-order valence-corrected chi connectivity index (χ1v) is 7.61. The molecule has 0 heterocycles. The van der Waals surface area contributed by atoms with Gasteiger partial charge in [0.15, 0.2) is 0 Å². The van der Waals surface area contributed by atoms with Gasteiger partial charge >= 0.3 is 0 Å². The van der Waals surface area contributed by atoms with Crippen LogP contribution >= 0.6 is 11.6 Å². The topological polar surface area (TPSA) is 20.2 Å². The summed E-state index contributed by atoms with van der Waals surface area (Å²) in [5.41, 5.74) is 0.844. The molecule has 0 bridgehead atoms. The first-order valence-electron chi connectivity index (χ1n) is 7.23. The summed E-state index contributed by atoms with van der Waals surface area (Å²) >= 11 is 6.03. The molecule has 0 aromatic heterocycles. The third-order valence-corrected chi connectivity index (χ3v) is 4.78. The highest BCUT2D eigenvalue weighted by Crippen LogP contribution is 2.36. The van der Waals surface area contributed by atoms with Gasteiger partial charge < -0.3 is 5.11 Å². The molecule has 1 aromatic rings. The summed E-state index contributed by atoms with van der Waals surface area (Å²) in [4.78, 5) is 0. The van der Waals surface area contributed by atoms with Gasteiger partial charge in [-0.15, -0.1) is 0 Å². The lowest BCUT2D eigenvalue weighted by Crippen LogP contribution is -2.32. The van der Waals surface area contributed by atoms with Crippen LogP contribution in [0.25, 0.3) is 0 Å². The quantitative estimate of drug-likeness (QED) is 0.857. The monoisotopic (exact) mass is 284 g/mol. The van der Waals surface area contributed by atoms with E-state index in [1.165, 1.54) is 31.4 Å². The SMILES string of the molecule is CCC1CCCCC1C(O)Cc1ccc(F)cc1Cl. The number of rotatable bonds is 4. The average Bonchev–Trinajstić information content (AvgIpc) is 2.41. The molecule has 1 aliphatic rings. The molecular weight excluding hydrogens is 263 g/mol. The maximum atomic E-state index is 13.0. The molecule has 1 saturated carbocycles. The van der Waals surface area contributed by atoms with Crippen LogP contribution < -0.4 is 0 Å². The van der Waals surface area contributed by atoms with E-state index in [-0.39, 0.29) is 11.9 Å². The molecule has 3 unspecified atom stereocenters. The Balaban J connectivity index is 2.04. The van der Waals surface area contributed by atoms with Crippen LogP contribution in [0.5, 0.6) is 0 Å². The predicted octanol–water partition coefficient (Wildman–Crippen LogP) is 4.60. The molecule has 0 saturated heterocycles. The fraction of sp³-hybridized carbons (Fsp3) is 0.625. The van der Waals surface area contributed by atoms with Gasteiger partial charge in [0, 0.05) is 11.4 Å². The summed E-state index contributed by atoms with van der Waals surface area (Å²) in [7, 11) is 0. The van der Waals surface area contributed by atoms with Crippen LogP contribution in [0.3, 0.4) is 0 Å². The largest absolute Gasteiger partial charge is 0.392 e. The van der Waals surface area contributed by atoms with E-state index in [0.717, 1.165) is 18.4 Å². The van der Waals surface area contributed by atoms with Gasteiger partial charge in [-0.3, -0.25) is 0 Å². The molecule has 1 aliphatic carbocycles. The zero-order valence-corrected chi connectivity index (χ0v) is 12.2. The summed E-state index contributed by atoms with van der Waals surface area (Å²) < 4.78 is 13.0. The van der Waals surface area contributed by atoms with Crippen molar-refractivity contribution >= 4 is 11.6 Å². The molecule has 106 valence electrons. The number of benzene rings is 1. The van der Waals surface area contributed by atoms with E-state index in [9.17, 15) is 9.50 Å². The first-order chi connectivity index (χ1) is 9.11. The van der Waals surface area contributed by atoms with Crippen LogP contribution in [0.15, 0.2) is 18.2 Å². The lowest BCUT2D eigenvalue weighted by atomic mass is 9.74. The molecule has 0 radical (unpaired) electrons. The molecule has 0 spiro atoms. The Hall–Kier alpha value is -0.600. The van der Waals surface area contributed by atoms with E-state index in [4.69, 9.17) is 11.6 Å². The fourth-order valence-corrected chi connectivity index (χ4v) is 3.56. The van der Waals surface area contributed by atoms with Crippen molar-refractivity contribution in [2.75, 3.05) is 0 Å². The molecule has 19 heavy (non-hydrogen) atoms. The van der Waals surface area contributed by atoms with Crippen molar-refractivity contribution in [3.8, 4) is 0 Å². The summed E-state index contributed by atoms with van der Waals surface area (Å²) in [6.45, 7) is 2.20. The van der Waals surface area contributed by atoms with Crippen molar-refractivity contribution in [3.05, 3.63) is 34.6 Å². The highest BCUT2D eigenvalue weighted by molar-refractivity contribution is 6.31. The normalized spacial score (nSPS) is 25.3. The third-order valence-electron chi connectivity index (χ3n) is 4.43. The van der Waals surface area contributed by atoms with E-state index >= 15 is 0 Å². The van der Waals surface area contributed by atoms with Crippen LogP contribution in [0.2, 0.25) is 5.02 Å². The Kier molecular flexibility index (Phi) is 5.23. The van der Waals surface area contributed by atoms with Gasteiger partial charge in [-0.05, 0) is 36.0 Å². The van der Waals surface area contributed by atoms with Crippen molar-refractivity contribution in [1.29, 1.82) is 0 Å². The first kappa shape index (κ1) is 14.8. The number of aliphatic hydroxyl groups excluding tert-OH is 1. The summed E-state index contributed by atoms with van der Waals surface area (Å²) in [5, 5.41) is 10.9. The minimum absolute atomic E-state index is 0.327. The van der Waals surface area contributed by atoms with Crippen LogP contribution in [0.4, 0.5) is 4.39 Å². The van der Waals surface area contributed by atoms with E-state index in [0.29, 0.717) is 23.3 Å². The van der Waals surface area contributed by atoms with Crippen molar-refractivity contribution in [1.82, 2.24) is 0 Å². The minimum Gasteiger partial charge on any atom is -0.392 e. The molecule has 1 N–H and O–H groups in total. The van der Waals surface area contributed by atoms with Crippen LogP contribution in [-0.2, 0) is 6.42 Å². The second-order valence-electron chi connectivity index (χ2n) is 5.62. The zero-order chi connectivity index (χ0) is 13.8. The number of aliphatic hydroxyl groups is 1. The van der Waals surface area contributed by atoms with Gasteiger partial charge in [-0.25, -0.2) is 4.39 Å². The van der Waals surface area contributed by atoms with Gasteiger partial charge in [-0.2, -0.15) is 0 Å². The smallest absolute Gasteiger partial charge is 0.124 e. The maximum absolute atomic E-state index is 13.0. The zero-order valence-electron chi connectivity index (χ0n) is 11.4. The molecule has 1 fully saturated rings. The fourth-order valence-electron chi connectivity index (χ4n) is 3.31. The van der Waals surface area contributed by atoms with E-state index in [1.54, 1.807) is 6.07 Å². The van der Waals surface area contributed by atoms with Gasteiger partial charge in [0.1, 0.15) is 5.82 Å². The minimum atomic E-state index is -0.367. The Morgan fingerprint density at radius 1 is 1.37 bits per heavy atom. The van der Waals surface area contributed by atoms with Crippen LogP contribution in [0, 0.1) is 17.7 Å². The van der Waals surface area contributed by atoms with Gasteiger partial charge in [0.05, 0.1) is 6.10 Å². The molecule has 0 aliphatic heterocycles. The summed E-state index contributed by atoms with van der Waals surface area (Å²) in [5.74, 6) is 0.648. The molecule has 1 aromatic carbocycles. The number of halogens is 2. The molecule has 1 nitrogen and oxygen atoms in total. The van der Waals surface area contributed by atoms with Gasteiger partial charge in [-0.1, -0.05) is 50.3 Å². The summed E-state index contributed by atoms with van der Waals surface area (Å²) in [6.07, 6.45) is 6.08. The molecule has 3 heteroatoms. The molecule has 3 atom stereocenters. The van der Waals surface area contributed by atoms with E-state index in [1.807, 2.05) is 0 Å². The molecule has 2 rings (SSSR count). The Labute approximate surface area is 119 Å². The lowest BCUT2D eigenvalue weighted by molar-refractivity contribution is 0.0464. The van der Waals surface area contributed by atoms with Crippen molar-refractivity contribution in [2.45, 2.75) is 51.6 Å². The van der Waals surface area contributed by atoms with Crippen molar-refractivity contribution in [2.24, 2.45) is 11.8 Å². The van der Waals surface area contributed by atoms with E-state index < -0.39 is 0 Å². The highest BCUT2D eigenvalue weighted by Gasteiger charge is 2.29. The summed E-state index contributed by atoms with van der Waals surface area (Å²) in [6, 6.07) is 4.42. The number of hydrogen-bond acceptors (Lipinski definition) is 1. The van der Waals surface area contributed by atoms with Gasteiger partial charge in [0.2, 0.25) is 0 Å². The standard InChI is InChI=1S/C16H22ClFO/c1-2-11-5-3-4-6-14(11)16(19)9-12-7-8-13(18)10-15(12)17/h7-8,10-11,14,16,19H,2-6,9H2,1H3. The Morgan fingerprint density at radius 2 is 2.11 bits per heavy atom. The average molecular weight is 285 g/mol. The van der Waals surface area contributed by atoms with Crippen molar-refractivity contribution < 1.29 is 9.50 Å². The second kappa shape index (κ2) is 6.71. The maximum Gasteiger partial charge on any atom is 0.124 e. The molecular formula is C16H22ClFO. The van der Waals surface area contributed by atoms with Gasteiger partial charge in [0.25, 0.3) is 0 Å². The second-order valence-corrected chi connectivity index (χ2v) is 6.03. The number of hydrogen-bond donors (Lipinski definition) is 1. The van der Waals surface area contributed by atoms with Crippen molar-refractivity contribution in [3.63, 3.8) is 0 Å². The Morgan fingerprint density at radius 3 is 2.79 bits per heavy atom. The highest BCUT2D eigenvalue weighted by atomic mass is 35.5. The Bertz CT molecular complexity index is 421. The van der Waals surface area contributed by atoms with Crippen LogP contribution in [0.1, 0.15) is 44.6 Å². The van der Waals surface area contributed by atoms with E-state index in [2.05, 4.69) is 6.92 Å².